The molecule has 1 aromatic carbocycles. The van der Waals surface area contributed by atoms with Gasteiger partial charge in [0.05, 0.1) is 17.6 Å². The maximum absolute atomic E-state index is 10.6. The number of nitrogens with one attached hydrogen (secondary N) is 1. The van der Waals surface area contributed by atoms with Gasteiger partial charge in [-0.15, -0.1) is 0 Å². The number of nitro groups is 1. The molecule has 1 rings (SSSR count). The number of hydrogen-bond donors (Lipinski definition) is 1. The second-order valence-corrected chi connectivity index (χ2v) is 2.63. The number of nitro benzene ring substituents is 1. The number of carbonyl (C=O) groups excluding carboxylic acids is 1. The quantitative estimate of drug-likeness (QED) is 0.454. The van der Waals surface area contributed by atoms with Crippen LogP contribution in [0.1, 0.15) is 6.92 Å². The summed E-state index contributed by atoms with van der Waals surface area (Å²) in [5, 5.41) is 12.9. The average molecular weight is 210 g/mol. The average Bonchev–Trinajstić information content (AvgIpc) is 2.21. The van der Waals surface area contributed by atoms with Gasteiger partial charge in [0.2, 0.25) is 6.41 Å². The maximum atomic E-state index is 10.6. The Kier molecular flexibility index (Phi) is 3.61. The van der Waals surface area contributed by atoms with Gasteiger partial charge < -0.3 is 10.1 Å². The zero-order valence-electron chi connectivity index (χ0n) is 8.10. The van der Waals surface area contributed by atoms with Crippen LogP contribution in [0.3, 0.4) is 0 Å². The van der Waals surface area contributed by atoms with E-state index >= 15 is 0 Å². The summed E-state index contributed by atoms with van der Waals surface area (Å²) in [7, 11) is 0. The summed E-state index contributed by atoms with van der Waals surface area (Å²) in [5.41, 5.74) is -0.0356. The molecule has 0 unspecified atom stereocenters. The lowest BCUT2D eigenvalue weighted by Gasteiger charge is -2.05. The largest absolute Gasteiger partial charge is 0.494 e. The lowest BCUT2D eigenvalue weighted by Crippen LogP contribution is -2.00. The van der Waals surface area contributed by atoms with Crippen molar-refractivity contribution in [3.63, 3.8) is 0 Å². The van der Waals surface area contributed by atoms with E-state index in [-0.39, 0.29) is 11.4 Å². The molecule has 80 valence electrons. The molecule has 0 radical (unpaired) electrons. The number of benzene rings is 1. The summed E-state index contributed by atoms with van der Waals surface area (Å²) in [4.78, 5) is 20.3. The molecule has 0 spiro atoms. The van der Waals surface area contributed by atoms with Crippen molar-refractivity contribution in [1.29, 1.82) is 0 Å². The van der Waals surface area contributed by atoms with Crippen LogP contribution >= 0.6 is 0 Å². The van der Waals surface area contributed by atoms with Crippen molar-refractivity contribution in [2.45, 2.75) is 6.92 Å². The van der Waals surface area contributed by atoms with Gasteiger partial charge >= 0.3 is 0 Å². The first-order valence-corrected chi connectivity index (χ1v) is 4.30. The normalized spacial score (nSPS) is 9.40. The Balaban J connectivity index is 3.08. The van der Waals surface area contributed by atoms with Crippen molar-refractivity contribution in [3.05, 3.63) is 28.3 Å². The second-order valence-electron chi connectivity index (χ2n) is 2.63. The number of anilines is 1. The summed E-state index contributed by atoms with van der Waals surface area (Å²) in [6, 6.07) is 4.26. The zero-order chi connectivity index (χ0) is 11.3. The molecular weight excluding hydrogens is 200 g/mol. The van der Waals surface area contributed by atoms with E-state index in [4.69, 9.17) is 4.74 Å². The third kappa shape index (κ3) is 2.67. The molecule has 0 fully saturated rings. The summed E-state index contributed by atoms with van der Waals surface area (Å²) >= 11 is 0. The van der Waals surface area contributed by atoms with Crippen LogP contribution in [0.15, 0.2) is 18.2 Å². The number of ether oxygens (including phenoxy) is 1. The predicted molar refractivity (Wildman–Crippen MR) is 54.0 cm³/mol. The Labute approximate surface area is 86.0 Å². The SMILES string of the molecule is CCOc1ccc(NC=O)c([N+](=O)[O-])c1. The van der Waals surface area contributed by atoms with Gasteiger partial charge in [0.25, 0.3) is 5.69 Å². The van der Waals surface area contributed by atoms with Crippen LogP contribution in [-0.2, 0) is 4.79 Å². The van der Waals surface area contributed by atoms with E-state index in [1.54, 1.807) is 13.0 Å². The molecule has 0 saturated heterocycles. The van der Waals surface area contributed by atoms with Gasteiger partial charge in [-0.3, -0.25) is 14.9 Å². The fourth-order valence-electron chi connectivity index (χ4n) is 1.10. The van der Waals surface area contributed by atoms with E-state index in [1.165, 1.54) is 12.1 Å². The van der Waals surface area contributed by atoms with Gasteiger partial charge in [-0.25, -0.2) is 0 Å². The number of hydrogen-bond acceptors (Lipinski definition) is 4. The highest BCUT2D eigenvalue weighted by atomic mass is 16.6. The summed E-state index contributed by atoms with van der Waals surface area (Å²) < 4.78 is 5.11. The zero-order valence-corrected chi connectivity index (χ0v) is 8.10. The molecule has 1 N–H and O–H groups in total. The van der Waals surface area contributed by atoms with Crippen molar-refractivity contribution in [2.75, 3.05) is 11.9 Å². The molecular formula is C9H10N2O4. The number of carbonyl (C=O) groups is 1. The summed E-state index contributed by atoms with van der Waals surface area (Å²) in [5.74, 6) is 0.403. The molecule has 6 nitrogen and oxygen atoms in total. The van der Waals surface area contributed by atoms with Crippen molar-refractivity contribution in [1.82, 2.24) is 0 Å². The fraction of sp³-hybridized carbons (Fsp3) is 0.222. The topological polar surface area (TPSA) is 81.5 Å². The molecule has 1 amide bonds. The highest BCUT2D eigenvalue weighted by molar-refractivity contribution is 5.78. The maximum Gasteiger partial charge on any atom is 0.296 e. The first-order chi connectivity index (χ1) is 7.19. The molecule has 0 saturated carbocycles. The first-order valence-electron chi connectivity index (χ1n) is 4.30. The van der Waals surface area contributed by atoms with Gasteiger partial charge in [0.15, 0.2) is 0 Å². The predicted octanol–water partition coefficient (Wildman–Crippen LogP) is 1.56. The summed E-state index contributed by atoms with van der Waals surface area (Å²) in [6.07, 6.45) is 0.392. The Morgan fingerprint density at radius 3 is 2.87 bits per heavy atom. The molecule has 0 aliphatic rings. The van der Waals surface area contributed by atoms with E-state index in [0.29, 0.717) is 18.8 Å². The molecule has 0 aliphatic carbocycles. The molecule has 1 aromatic rings. The van der Waals surface area contributed by atoms with Crippen LogP contribution in [0.5, 0.6) is 5.75 Å². The fourth-order valence-corrected chi connectivity index (χ4v) is 1.10. The minimum Gasteiger partial charge on any atom is -0.494 e. The number of rotatable bonds is 5. The first kappa shape index (κ1) is 11.0. The van der Waals surface area contributed by atoms with Crippen LogP contribution in [-0.4, -0.2) is 17.9 Å². The van der Waals surface area contributed by atoms with E-state index in [1.807, 2.05) is 0 Å². The lowest BCUT2D eigenvalue weighted by atomic mass is 10.2. The molecule has 0 aliphatic heterocycles. The molecule has 6 heteroatoms. The lowest BCUT2D eigenvalue weighted by molar-refractivity contribution is -0.384. The van der Waals surface area contributed by atoms with E-state index in [2.05, 4.69) is 5.32 Å². The molecule has 0 heterocycles. The van der Waals surface area contributed by atoms with Gasteiger partial charge in [0.1, 0.15) is 11.4 Å². The molecule has 0 atom stereocenters. The third-order valence-corrected chi connectivity index (χ3v) is 1.69. The number of nitrogens with zero attached hydrogens (tertiary/aromatic N) is 1. The van der Waals surface area contributed by atoms with Crippen LogP contribution in [0.25, 0.3) is 0 Å². The highest BCUT2D eigenvalue weighted by Crippen LogP contribution is 2.28. The second kappa shape index (κ2) is 4.94. The van der Waals surface area contributed by atoms with Gasteiger partial charge in [-0.05, 0) is 19.1 Å². The van der Waals surface area contributed by atoms with Gasteiger partial charge in [-0.2, -0.15) is 0 Å². The standard InChI is InChI=1S/C9H10N2O4/c1-2-15-7-3-4-8(10-6-12)9(5-7)11(13)14/h3-6H,2H2,1H3,(H,10,12). The van der Waals surface area contributed by atoms with Crippen LogP contribution in [0, 0.1) is 10.1 Å². The van der Waals surface area contributed by atoms with E-state index in [9.17, 15) is 14.9 Å². The Hall–Kier alpha value is -2.11. The Morgan fingerprint density at radius 1 is 1.60 bits per heavy atom. The number of amides is 1. The van der Waals surface area contributed by atoms with Crippen molar-refractivity contribution < 1.29 is 14.5 Å². The Morgan fingerprint density at radius 2 is 2.33 bits per heavy atom. The Bertz CT molecular complexity index is 378. The van der Waals surface area contributed by atoms with Gasteiger partial charge in [-0.1, -0.05) is 0 Å². The monoisotopic (exact) mass is 210 g/mol. The molecule has 0 bridgehead atoms. The molecule has 0 aromatic heterocycles. The van der Waals surface area contributed by atoms with E-state index < -0.39 is 4.92 Å². The van der Waals surface area contributed by atoms with Crippen molar-refractivity contribution in [3.8, 4) is 5.75 Å². The minimum atomic E-state index is -0.575. The van der Waals surface area contributed by atoms with Crippen molar-refractivity contribution in [2.24, 2.45) is 0 Å². The smallest absolute Gasteiger partial charge is 0.296 e. The summed E-state index contributed by atoms with van der Waals surface area (Å²) in [6.45, 7) is 2.21. The third-order valence-electron chi connectivity index (χ3n) is 1.69. The van der Waals surface area contributed by atoms with Crippen LogP contribution < -0.4 is 10.1 Å². The molecule has 15 heavy (non-hydrogen) atoms. The van der Waals surface area contributed by atoms with Crippen molar-refractivity contribution >= 4 is 17.8 Å². The van der Waals surface area contributed by atoms with Gasteiger partial charge in [0, 0.05) is 0 Å². The highest BCUT2D eigenvalue weighted by Gasteiger charge is 2.14. The van der Waals surface area contributed by atoms with Crippen LogP contribution in [0.2, 0.25) is 0 Å². The van der Waals surface area contributed by atoms with E-state index in [0.717, 1.165) is 0 Å². The minimum absolute atomic E-state index is 0.151. The van der Waals surface area contributed by atoms with Crippen LogP contribution in [0.4, 0.5) is 11.4 Å².